The number of furan rings is 1. The zero-order valence-electron chi connectivity index (χ0n) is 17.5. The van der Waals surface area contributed by atoms with Gasteiger partial charge in [-0.3, -0.25) is 9.59 Å². The first kappa shape index (κ1) is 20.4. The first-order chi connectivity index (χ1) is 15.0. The van der Waals surface area contributed by atoms with E-state index in [4.69, 9.17) is 4.42 Å². The van der Waals surface area contributed by atoms with E-state index in [9.17, 15) is 9.59 Å². The molecule has 3 N–H and O–H groups in total. The van der Waals surface area contributed by atoms with E-state index in [1.165, 1.54) is 0 Å². The van der Waals surface area contributed by atoms with Gasteiger partial charge in [0.05, 0.1) is 17.6 Å². The maximum absolute atomic E-state index is 12.5. The Labute approximate surface area is 179 Å². The van der Waals surface area contributed by atoms with Crippen molar-refractivity contribution in [2.75, 3.05) is 5.32 Å². The van der Waals surface area contributed by atoms with Crippen molar-refractivity contribution in [3.05, 3.63) is 83.1 Å². The van der Waals surface area contributed by atoms with Crippen LogP contribution in [0.2, 0.25) is 0 Å². The van der Waals surface area contributed by atoms with Crippen LogP contribution >= 0.6 is 0 Å². The lowest BCUT2D eigenvalue weighted by molar-refractivity contribution is -0.115. The molecule has 31 heavy (non-hydrogen) atoms. The van der Waals surface area contributed by atoms with Crippen LogP contribution in [-0.2, 0) is 17.8 Å². The van der Waals surface area contributed by atoms with E-state index in [1.54, 1.807) is 12.1 Å². The van der Waals surface area contributed by atoms with Gasteiger partial charge in [-0.2, -0.15) is 0 Å². The zero-order valence-corrected chi connectivity index (χ0v) is 17.5. The summed E-state index contributed by atoms with van der Waals surface area (Å²) in [6.45, 7) is 4.03. The molecule has 2 heterocycles. The normalized spacial score (nSPS) is 10.9. The van der Waals surface area contributed by atoms with Gasteiger partial charge in [0.15, 0.2) is 0 Å². The second kappa shape index (κ2) is 8.87. The molecule has 158 valence electrons. The van der Waals surface area contributed by atoms with Crippen molar-refractivity contribution in [3.63, 3.8) is 0 Å². The van der Waals surface area contributed by atoms with Crippen LogP contribution in [-0.4, -0.2) is 21.8 Å². The molecular formula is C24H24N4O3. The first-order valence-corrected chi connectivity index (χ1v) is 10.2. The van der Waals surface area contributed by atoms with E-state index in [-0.39, 0.29) is 11.8 Å². The number of hydrogen-bond donors (Lipinski definition) is 3. The molecule has 2 amide bonds. The topological polar surface area (TPSA) is 100 Å². The Morgan fingerprint density at radius 1 is 1.06 bits per heavy atom. The Morgan fingerprint density at radius 2 is 1.87 bits per heavy atom. The van der Waals surface area contributed by atoms with E-state index < -0.39 is 0 Å². The number of aryl methyl sites for hydroxylation is 1. The van der Waals surface area contributed by atoms with Crippen LogP contribution in [0.4, 0.5) is 5.69 Å². The predicted octanol–water partition coefficient (Wildman–Crippen LogP) is 4.33. The van der Waals surface area contributed by atoms with Gasteiger partial charge < -0.3 is 20.0 Å². The third-order valence-corrected chi connectivity index (χ3v) is 4.94. The molecule has 2 aromatic heterocycles. The van der Waals surface area contributed by atoms with Crippen molar-refractivity contribution in [3.8, 4) is 0 Å². The molecule has 0 saturated heterocycles. The quantitative estimate of drug-likeness (QED) is 0.417. The fourth-order valence-corrected chi connectivity index (χ4v) is 3.29. The molecule has 4 aromatic rings. The van der Waals surface area contributed by atoms with E-state index in [1.807, 2.05) is 56.3 Å². The highest BCUT2D eigenvalue weighted by molar-refractivity contribution is 5.97. The Balaban J connectivity index is 1.42. The highest BCUT2D eigenvalue weighted by atomic mass is 16.3. The third-order valence-electron chi connectivity index (χ3n) is 4.94. The molecule has 7 heteroatoms. The second-order valence-corrected chi connectivity index (χ2v) is 7.39. The molecule has 0 atom stereocenters. The molecule has 4 rings (SSSR count). The highest BCUT2D eigenvalue weighted by Gasteiger charge is 2.10. The van der Waals surface area contributed by atoms with E-state index >= 15 is 0 Å². The van der Waals surface area contributed by atoms with Crippen LogP contribution in [0.25, 0.3) is 11.0 Å². The summed E-state index contributed by atoms with van der Waals surface area (Å²) in [4.78, 5) is 31.9. The number of nitrogens with one attached hydrogen (secondary N) is 3. The number of carbonyl (C=O) groups excluding carboxylic acids is 2. The second-order valence-electron chi connectivity index (χ2n) is 7.39. The van der Waals surface area contributed by atoms with Crippen molar-refractivity contribution in [1.29, 1.82) is 0 Å². The van der Waals surface area contributed by atoms with Crippen LogP contribution in [0.3, 0.4) is 0 Å². The summed E-state index contributed by atoms with van der Waals surface area (Å²) >= 11 is 0. The number of H-pyrrole nitrogens is 1. The molecule has 0 unspecified atom stereocenters. The molecule has 2 aromatic carbocycles. The van der Waals surface area contributed by atoms with Gasteiger partial charge in [0.25, 0.3) is 5.91 Å². The number of nitrogens with zero attached hydrogens (tertiary/aromatic N) is 1. The molecule has 0 aliphatic carbocycles. The number of amides is 2. The lowest BCUT2D eigenvalue weighted by Crippen LogP contribution is -2.22. The van der Waals surface area contributed by atoms with Crippen molar-refractivity contribution >= 4 is 28.5 Å². The molecule has 0 fully saturated rings. The number of hydrogen-bond acceptors (Lipinski definition) is 4. The number of benzene rings is 2. The SMILES string of the molecule is CCC(=O)Nc1ccc(Cc2nc3ccc(C(=O)NCc4ccc(C)o4)cc3[nH]2)cc1. The van der Waals surface area contributed by atoms with E-state index in [2.05, 4.69) is 20.6 Å². The summed E-state index contributed by atoms with van der Waals surface area (Å²) in [6.07, 6.45) is 1.07. The fraction of sp³-hybridized carbons (Fsp3) is 0.208. The average molecular weight is 416 g/mol. The first-order valence-electron chi connectivity index (χ1n) is 10.2. The summed E-state index contributed by atoms with van der Waals surface area (Å²) in [7, 11) is 0. The number of rotatable bonds is 7. The lowest BCUT2D eigenvalue weighted by atomic mass is 10.1. The minimum absolute atomic E-state index is 0.0100. The Morgan fingerprint density at radius 3 is 2.58 bits per heavy atom. The summed E-state index contributed by atoms with van der Waals surface area (Å²) < 4.78 is 5.48. The molecule has 0 saturated carbocycles. The Kier molecular flexibility index (Phi) is 5.84. The minimum Gasteiger partial charge on any atom is -0.465 e. The maximum Gasteiger partial charge on any atom is 0.251 e. The van der Waals surface area contributed by atoms with Crippen LogP contribution in [0.5, 0.6) is 0 Å². The predicted molar refractivity (Wildman–Crippen MR) is 119 cm³/mol. The summed E-state index contributed by atoms with van der Waals surface area (Å²) in [6, 6.07) is 16.8. The van der Waals surface area contributed by atoms with Crippen molar-refractivity contribution in [2.45, 2.75) is 33.2 Å². The summed E-state index contributed by atoms with van der Waals surface area (Å²) in [5, 5.41) is 5.70. The highest BCUT2D eigenvalue weighted by Crippen LogP contribution is 2.18. The molecule has 0 aliphatic rings. The van der Waals surface area contributed by atoms with Crippen LogP contribution in [0, 0.1) is 6.92 Å². The van der Waals surface area contributed by atoms with Crippen LogP contribution in [0.1, 0.15) is 46.6 Å². The molecular weight excluding hydrogens is 392 g/mol. The number of anilines is 1. The number of carbonyl (C=O) groups is 2. The number of fused-ring (bicyclic) bond motifs is 1. The van der Waals surface area contributed by atoms with Gasteiger partial charge in [0, 0.05) is 24.1 Å². The molecule has 0 bridgehead atoms. The van der Waals surface area contributed by atoms with Crippen LogP contribution in [0.15, 0.2) is 59.0 Å². The van der Waals surface area contributed by atoms with Gasteiger partial charge in [-0.1, -0.05) is 19.1 Å². The molecule has 0 spiro atoms. The van der Waals surface area contributed by atoms with Gasteiger partial charge in [-0.25, -0.2) is 4.98 Å². The third kappa shape index (κ3) is 5.01. The molecule has 7 nitrogen and oxygen atoms in total. The zero-order chi connectivity index (χ0) is 21.8. The van der Waals surface area contributed by atoms with Gasteiger partial charge in [-0.05, 0) is 55.0 Å². The van der Waals surface area contributed by atoms with Crippen LogP contribution < -0.4 is 10.6 Å². The Hall–Kier alpha value is -3.87. The Bertz CT molecular complexity index is 1220. The smallest absolute Gasteiger partial charge is 0.251 e. The van der Waals surface area contributed by atoms with E-state index in [0.29, 0.717) is 24.9 Å². The number of imidazole rings is 1. The largest absolute Gasteiger partial charge is 0.465 e. The van der Waals surface area contributed by atoms with Gasteiger partial charge >= 0.3 is 0 Å². The summed E-state index contributed by atoms with van der Waals surface area (Å²) in [5.41, 5.74) is 4.02. The lowest BCUT2D eigenvalue weighted by Gasteiger charge is -2.04. The number of aromatic amines is 1. The average Bonchev–Trinajstić information content (AvgIpc) is 3.37. The van der Waals surface area contributed by atoms with Gasteiger partial charge in [0.1, 0.15) is 17.3 Å². The van der Waals surface area contributed by atoms with E-state index in [0.717, 1.165) is 39.6 Å². The van der Waals surface area contributed by atoms with Crippen molar-refractivity contribution < 1.29 is 14.0 Å². The van der Waals surface area contributed by atoms with Crippen molar-refractivity contribution in [2.24, 2.45) is 0 Å². The van der Waals surface area contributed by atoms with Gasteiger partial charge in [-0.15, -0.1) is 0 Å². The van der Waals surface area contributed by atoms with Crippen molar-refractivity contribution in [1.82, 2.24) is 15.3 Å². The molecule has 0 radical (unpaired) electrons. The number of aromatic nitrogens is 2. The minimum atomic E-state index is -0.170. The fourth-order valence-electron chi connectivity index (χ4n) is 3.29. The summed E-state index contributed by atoms with van der Waals surface area (Å²) in [5.74, 6) is 2.16. The molecule has 0 aliphatic heterocycles. The maximum atomic E-state index is 12.5. The standard InChI is InChI=1S/C24H24N4O3/c1-3-23(29)26-18-8-5-16(6-9-18)12-22-27-20-11-7-17(13-21(20)28-22)24(30)25-14-19-10-4-15(2)31-19/h4-11,13H,3,12,14H2,1-2H3,(H,25,30)(H,26,29)(H,27,28). The monoisotopic (exact) mass is 416 g/mol. The van der Waals surface area contributed by atoms with Gasteiger partial charge in [0.2, 0.25) is 5.91 Å².